The van der Waals surface area contributed by atoms with Gasteiger partial charge in [0.1, 0.15) is 0 Å². The summed E-state index contributed by atoms with van der Waals surface area (Å²) in [6, 6.07) is 17.6. The van der Waals surface area contributed by atoms with E-state index in [0.29, 0.717) is 31.8 Å². The maximum atomic E-state index is 11.9. The number of ketones is 1. The fourth-order valence-corrected chi connectivity index (χ4v) is 3.55. The predicted molar refractivity (Wildman–Crippen MR) is 111 cm³/mol. The van der Waals surface area contributed by atoms with Crippen LogP contribution in [-0.2, 0) is 11.3 Å². The minimum atomic E-state index is -0.257. The second kappa shape index (κ2) is 8.31. The molecular weight excluding hydrogens is 366 g/mol. The van der Waals surface area contributed by atoms with E-state index in [1.54, 1.807) is 11.8 Å². The van der Waals surface area contributed by atoms with E-state index in [0.717, 1.165) is 28.9 Å². The number of carbonyl (C=O) groups excluding carboxylic acids is 2. The highest BCUT2D eigenvalue weighted by molar-refractivity contribution is 5.94. The minimum absolute atomic E-state index is 0.0388. The number of hydrogen-bond donors (Lipinski definition) is 0. The summed E-state index contributed by atoms with van der Waals surface area (Å²) in [6.07, 6.45) is 2.41. The number of hydrogen-bond acceptors (Lipinski definition) is 4. The van der Waals surface area contributed by atoms with Crippen molar-refractivity contribution in [3.63, 3.8) is 0 Å². The lowest BCUT2D eigenvalue weighted by atomic mass is 10.0. The number of ether oxygens (including phenoxy) is 1. The molecule has 6 heteroatoms. The zero-order valence-electron chi connectivity index (χ0n) is 16.4. The van der Waals surface area contributed by atoms with Crippen LogP contribution in [0.4, 0.5) is 4.79 Å². The van der Waals surface area contributed by atoms with Gasteiger partial charge < -0.3 is 14.2 Å². The largest absolute Gasteiger partial charge is 0.449 e. The molecule has 2 heterocycles. The van der Waals surface area contributed by atoms with E-state index in [1.165, 1.54) is 0 Å². The van der Waals surface area contributed by atoms with Gasteiger partial charge in [0.2, 0.25) is 0 Å². The average molecular weight is 389 g/mol. The van der Waals surface area contributed by atoms with Gasteiger partial charge in [0.05, 0.1) is 24.3 Å². The van der Waals surface area contributed by atoms with Crippen molar-refractivity contribution in [2.45, 2.75) is 19.9 Å². The molecule has 0 aliphatic carbocycles. The molecule has 29 heavy (non-hydrogen) atoms. The molecule has 0 unspecified atom stereocenters. The topological polar surface area (TPSA) is 64.4 Å². The van der Waals surface area contributed by atoms with Crippen LogP contribution >= 0.6 is 0 Å². The summed E-state index contributed by atoms with van der Waals surface area (Å²) in [6.45, 7) is 3.93. The Morgan fingerprint density at radius 1 is 1.03 bits per heavy atom. The molecule has 0 spiro atoms. The van der Waals surface area contributed by atoms with Crippen molar-refractivity contribution in [2.75, 3.05) is 19.7 Å². The Morgan fingerprint density at radius 3 is 2.48 bits per heavy atom. The van der Waals surface area contributed by atoms with Gasteiger partial charge >= 0.3 is 6.09 Å². The van der Waals surface area contributed by atoms with Gasteiger partial charge in [-0.2, -0.15) is 0 Å². The monoisotopic (exact) mass is 389 g/mol. The first-order valence-electron chi connectivity index (χ1n) is 9.77. The van der Waals surface area contributed by atoms with Crippen molar-refractivity contribution < 1.29 is 14.3 Å². The van der Waals surface area contributed by atoms with E-state index in [4.69, 9.17) is 4.74 Å². The Bertz CT molecular complexity index is 1010. The van der Waals surface area contributed by atoms with Crippen LogP contribution in [0.1, 0.15) is 23.7 Å². The number of amides is 1. The fraction of sp³-hybridized carbons (Fsp3) is 0.261. The summed E-state index contributed by atoms with van der Waals surface area (Å²) in [5.74, 6) is 0.0388. The second-order valence-electron chi connectivity index (χ2n) is 7.09. The molecule has 0 radical (unpaired) electrons. The molecule has 1 amide bonds. The van der Waals surface area contributed by atoms with Gasteiger partial charge in [0.25, 0.3) is 0 Å². The first-order valence-corrected chi connectivity index (χ1v) is 9.77. The molecule has 0 atom stereocenters. The fourth-order valence-electron chi connectivity index (χ4n) is 3.55. The Labute approximate surface area is 169 Å². The third-order valence-corrected chi connectivity index (χ3v) is 5.12. The highest BCUT2D eigenvalue weighted by Gasteiger charge is 2.21. The standard InChI is InChI=1S/C23H23N3O3/c1-17(27)18-8-10-20(11-9-18)22-21(19-6-3-2-4-7-19)24-16-26(22)14-13-25-12-5-15-29-23(25)28/h2-4,6-11,16H,5,12-15H2,1H3. The average Bonchev–Trinajstić information content (AvgIpc) is 3.18. The molecule has 1 saturated heterocycles. The predicted octanol–water partition coefficient (Wildman–Crippen LogP) is 4.26. The van der Waals surface area contributed by atoms with E-state index in [1.807, 2.05) is 60.9 Å². The van der Waals surface area contributed by atoms with E-state index in [2.05, 4.69) is 9.55 Å². The van der Waals surface area contributed by atoms with Crippen LogP contribution in [0.3, 0.4) is 0 Å². The molecule has 0 N–H and O–H groups in total. The third-order valence-electron chi connectivity index (χ3n) is 5.12. The van der Waals surface area contributed by atoms with Crippen LogP contribution in [0.15, 0.2) is 60.9 Å². The Morgan fingerprint density at radius 2 is 1.79 bits per heavy atom. The number of Topliss-reactive ketones (excluding diaryl/α,β-unsaturated/α-hetero) is 1. The molecule has 4 rings (SSSR count). The second-order valence-corrected chi connectivity index (χ2v) is 7.09. The summed E-state index contributed by atoms with van der Waals surface area (Å²) in [4.78, 5) is 30.0. The molecule has 1 aliphatic heterocycles. The van der Waals surface area contributed by atoms with Crippen LogP contribution in [0.5, 0.6) is 0 Å². The first-order chi connectivity index (χ1) is 14.1. The van der Waals surface area contributed by atoms with Crippen molar-refractivity contribution in [1.82, 2.24) is 14.5 Å². The Balaban J connectivity index is 1.68. The maximum absolute atomic E-state index is 11.9. The summed E-state index contributed by atoms with van der Waals surface area (Å²) >= 11 is 0. The number of benzene rings is 2. The van der Waals surface area contributed by atoms with Gasteiger partial charge in [0.15, 0.2) is 5.78 Å². The van der Waals surface area contributed by atoms with Crippen molar-refractivity contribution in [1.29, 1.82) is 0 Å². The Hall–Kier alpha value is -3.41. The molecule has 148 valence electrons. The minimum Gasteiger partial charge on any atom is -0.449 e. The van der Waals surface area contributed by atoms with Gasteiger partial charge in [-0.15, -0.1) is 0 Å². The van der Waals surface area contributed by atoms with E-state index < -0.39 is 0 Å². The van der Waals surface area contributed by atoms with E-state index in [9.17, 15) is 9.59 Å². The number of rotatable bonds is 6. The molecule has 1 aromatic heterocycles. The summed E-state index contributed by atoms with van der Waals surface area (Å²) in [5.41, 5.74) is 4.53. The Kier molecular flexibility index (Phi) is 5.42. The lowest BCUT2D eigenvalue weighted by molar-refractivity contribution is 0.0716. The SMILES string of the molecule is CC(=O)c1ccc(-c2c(-c3ccccc3)ncn2CCN2CCCOC2=O)cc1. The van der Waals surface area contributed by atoms with Crippen LogP contribution in [-0.4, -0.2) is 46.0 Å². The zero-order chi connectivity index (χ0) is 20.2. The molecule has 6 nitrogen and oxygen atoms in total. The lowest BCUT2D eigenvalue weighted by Gasteiger charge is -2.26. The quantitative estimate of drug-likeness (QED) is 0.591. The lowest BCUT2D eigenvalue weighted by Crippen LogP contribution is -2.39. The van der Waals surface area contributed by atoms with Crippen LogP contribution < -0.4 is 0 Å². The summed E-state index contributed by atoms with van der Waals surface area (Å²) in [5, 5.41) is 0. The zero-order valence-corrected chi connectivity index (χ0v) is 16.4. The molecular formula is C23H23N3O3. The molecule has 0 bridgehead atoms. The number of imidazole rings is 1. The van der Waals surface area contributed by atoms with Crippen molar-refractivity contribution in [3.8, 4) is 22.5 Å². The van der Waals surface area contributed by atoms with Gasteiger partial charge in [-0.1, -0.05) is 54.6 Å². The highest BCUT2D eigenvalue weighted by atomic mass is 16.6. The summed E-state index contributed by atoms with van der Waals surface area (Å²) in [7, 11) is 0. The van der Waals surface area contributed by atoms with Crippen LogP contribution in [0, 0.1) is 0 Å². The molecule has 2 aromatic carbocycles. The van der Waals surface area contributed by atoms with E-state index >= 15 is 0 Å². The molecule has 1 fully saturated rings. The van der Waals surface area contributed by atoms with Crippen LogP contribution in [0.2, 0.25) is 0 Å². The van der Waals surface area contributed by atoms with Gasteiger partial charge in [-0.3, -0.25) is 4.79 Å². The van der Waals surface area contributed by atoms with Gasteiger partial charge in [0, 0.05) is 36.3 Å². The van der Waals surface area contributed by atoms with Gasteiger partial charge in [-0.05, 0) is 13.3 Å². The number of carbonyl (C=O) groups is 2. The first kappa shape index (κ1) is 18.9. The highest BCUT2D eigenvalue weighted by Crippen LogP contribution is 2.31. The van der Waals surface area contributed by atoms with Crippen molar-refractivity contribution >= 4 is 11.9 Å². The van der Waals surface area contributed by atoms with Crippen LogP contribution in [0.25, 0.3) is 22.5 Å². The molecule has 3 aromatic rings. The smallest absolute Gasteiger partial charge is 0.409 e. The van der Waals surface area contributed by atoms with E-state index in [-0.39, 0.29) is 11.9 Å². The van der Waals surface area contributed by atoms with Gasteiger partial charge in [-0.25, -0.2) is 9.78 Å². The third kappa shape index (κ3) is 4.06. The molecule has 0 saturated carbocycles. The number of aromatic nitrogens is 2. The van der Waals surface area contributed by atoms with Crippen molar-refractivity contribution in [3.05, 3.63) is 66.5 Å². The number of cyclic esters (lactones) is 1. The molecule has 1 aliphatic rings. The number of nitrogens with zero attached hydrogens (tertiary/aromatic N) is 3. The summed E-state index contributed by atoms with van der Waals surface area (Å²) < 4.78 is 7.20. The maximum Gasteiger partial charge on any atom is 0.409 e. The van der Waals surface area contributed by atoms with Crippen molar-refractivity contribution in [2.24, 2.45) is 0 Å². The normalized spacial score (nSPS) is 14.0.